The third-order valence-corrected chi connectivity index (χ3v) is 6.12. The smallest absolute Gasteiger partial charge is 0.123 e. The first-order chi connectivity index (χ1) is 15.3. The van der Waals surface area contributed by atoms with E-state index in [0.29, 0.717) is 25.3 Å². The molecule has 0 saturated carbocycles. The number of ether oxygens (including phenoxy) is 1. The summed E-state index contributed by atoms with van der Waals surface area (Å²) in [4.78, 5) is 0. The molecule has 4 nitrogen and oxygen atoms in total. The van der Waals surface area contributed by atoms with Gasteiger partial charge < -0.3 is 20.3 Å². The minimum absolute atomic E-state index is 0.0278. The number of aliphatic hydroxyl groups excluding tert-OH is 2. The maximum atomic E-state index is 13.1. The minimum Gasteiger partial charge on any atom is -0.489 e. The lowest BCUT2D eigenvalue weighted by atomic mass is 9.77. The summed E-state index contributed by atoms with van der Waals surface area (Å²) in [5, 5.41) is 23.7. The molecule has 2 aromatic carbocycles. The highest BCUT2D eigenvalue weighted by molar-refractivity contribution is 5.31. The molecule has 0 radical (unpaired) electrons. The van der Waals surface area contributed by atoms with E-state index in [1.54, 1.807) is 0 Å². The summed E-state index contributed by atoms with van der Waals surface area (Å²) >= 11 is 0. The summed E-state index contributed by atoms with van der Waals surface area (Å²) in [6.45, 7) is 5.14. The average molecular weight is 440 g/mol. The van der Waals surface area contributed by atoms with E-state index in [1.807, 2.05) is 54.6 Å². The molecule has 0 aliphatic heterocycles. The SMILES string of the molecule is CC(C)(CCc1ccc(F)cc1)NCC1(CO)C=CC(OCc2ccccc2)=C(CO)C1. The van der Waals surface area contributed by atoms with Crippen LogP contribution in [0.2, 0.25) is 0 Å². The average Bonchev–Trinajstić information content (AvgIpc) is 2.82. The second-order valence-corrected chi connectivity index (χ2v) is 9.29. The van der Waals surface area contributed by atoms with E-state index in [0.717, 1.165) is 29.5 Å². The Kier molecular flexibility index (Phi) is 8.24. The Balaban J connectivity index is 1.58. The molecule has 0 bridgehead atoms. The number of rotatable bonds is 11. The standard InChI is InChI=1S/C27H34FNO3/c1-26(2,14-12-21-8-10-24(28)11-9-21)29-19-27(20-31)15-13-25(23(16-27)17-30)32-18-22-6-4-3-5-7-22/h3-11,13,15,29-31H,12,14,16-20H2,1-2H3. The Hall–Kier alpha value is -2.47. The fraction of sp³-hybridized carbons (Fsp3) is 0.407. The van der Waals surface area contributed by atoms with Crippen molar-refractivity contribution in [3.8, 4) is 0 Å². The topological polar surface area (TPSA) is 61.7 Å². The number of benzene rings is 2. The summed E-state index contributed by atoms with van der Waals surface area (Å²) < 4.78 is 19.1. The molecule has 0 saturated heterocycles. The monoisotopic (exact) mass is 439 g/mol. The van der Waals surface area contributed by atoms with Gasteiger partial charge in [0.1, 0.15) is 18.2 Å². The first kappa shape index (κ1) is 24.2. The number of hydrogen-bond donors (Lipinski definition) is 3. The lowest BCUT2D eigenvalue weighted by molar-refractivity contribution is 0.136. The highest BCUT2D eigenvalue weighted by Gasteiger charge is 2.33. The van der Waals surface area contributed by atoms with Crippen molar-refractivity contribution in [1.82, 2.24) is 5.32 Å². The molecule has 5 heteroatoms. The van der Waals surface area contributed by atoms with E-state index in [-0.39, 0.29) is 24.6 Å². The van der Waals surface area contributed by atoms with Crippen molar-refractivity contribution in [1.29, 1.82) is 0 Å². The minimum atomic E-state index is -0.495. The number of aliphatic hydroxyl groups is 2. The van der Waals surface area contributed by atoms with Crippen molar-refractivity contribution >= 4 is 0 Å². The summed E-state index contributed by atoms with van der Waals surface area (Å²) in [6.07, 6.45) is 6.11. The van der Waals surface area contributed by atoms with Crippen LogP contribution in [0, 0.1) is 11.2 Å². The largest absolute Gasteiger partial charge is 0.489 e. The third kappa shape index (κ3) is 6.76. The van der Waals surface area contributed by atoms with Gasteiger partial charge in [0.2, 0.25) is 0 Å². The molecule has 0 aromatic heterocycles. The summed E-state index contributed by atoms with van der Waals surface area (Å²) in [7, 11) is 0. The quantitative estimate of drug-likeness (QED) is 0.482. The van der Waals surface area contributed by atoms with Gasteiger partial charge in [-0.1, -0.05) is 48.5 Å². The van der Waals surface area contributed by atoms with Crippen molar-refractivity contribution < 1.29 is 19.3 Å². The van der Waals surface area contributed by atoms with E-state index >= 15 is 0 Å². The fourth-order valence-corrected chi connectivity index (χ4v) is 3.86. The molecule has 32 heavy (non-hydrogen) atoms. The number of allylic oxidation sites excluding steroid dienone is 1. The Labute approximate surface area is 190 Å². The molecule has 1 aliphatic rings. The lowest BCUT2D eigenvalue weighted by Crippen LogP contribution is -2.47. The van der Waals surface area contributed by atoms with Crippen molar-refractivity contribution in [3.63, 3.8) is 0 Å². The molecular formula is C27H34FNO3. The first-order valence-corrected chi connectivity index (χ1v) is 11.1. The van der Waals surface area contributed by atoms with Gasteiger partial charge >= 0.3 is 0 Å². The zero-order valence-corrected chi connectivity index (χ0v) is 19.0. The number of aryl methyl sites for hydroxylation is 1. The maximum Gasteiger partial charge on any atom is 0.123 e. The van der Waals surface area contributed by atoms with Crippen LogP contribution in [0.15, 0.2) is 78.1 Å². The molecule has 2 aromatic rings. The van der Waals surface area contributed by atoms with E-state index in [2.05, 4.69) is 19.2 Å². The Morgan fingerprint density at radius 2 is 1.75 bits per heavy atom. The fourth-order valence-electron chi connectivity index (χ4n) is 3.86. The number of halogens is 1. The van der Waals surface area contributed by atoms with E-state index in [4.69, 9.17) is 4.74 Å². The normalized spacial score (nSPS) is 18.8. The molecule has 3 N–H and O–H groups in total. The van der Waals surface area contributed by atoms with Crippen LogP contribution in [-0.4, -0.2) is 35.5 Å². The molecule has 1 unspecified atom stereocenters. The Morgan fingerprint density at radius 1 is 1.03 bits per heavy atom. The second kappa shape index (κ2) is 10.9. The summed E-state index contributed by atoms with van der Waals surface area (Å²) in [5.41, 5.74) is 2.29. The van der Waals surface area contributed by atoms with Gasteiger partial charge in [0.25, 0.3) is 0 Å². The van der Waals surface area contributed by atoms with Crippen molar-refractivity contribution in [2.24, 2.45) is 5.41 Å². The van der Waals surface area contributed by atoms with Crippen LogP contribution < -0.4 is 5.32 Å². The molecule has 0 spiro atoms. The molecule has 0 heterocycles. The number of hydrogen-bond acceptors (Lipinski definition) is 4. The first-order valence-electron chi connectivity index (χ1n) is 11.1. The predicted octanol–water partition coefficient (Wildman–Crippen LogP) is 4.53. The van der Waals surface area contributed by atoms with Gasteiger partial charge in [-0.25, -0.2) is 4.39 Å². The molecule has 0 amide bonds. The molecule has 1 atom stereocenters. The van der Waals surface area contributed by atoms with Gasteiger partial charge in [-0.05, 0) is 68.0 Å². The van der Waals surface area contributed by atoms with Crippen LogP contribution in [0.5, 0.6) is 0 Å². The highest BCUT2D eigenvalue weighted by Crippen LogP contribution is 2.35. The highest BCUT2D eigenvalue weighted by atomic mass is 19.1. The van der Waals surface area contributed by atoms with Gasteiger partial charge in [-0.3, -0.25) is 0 Å². The van der Waals surface area contributed by atoms with Crippen LogP contribution in [-0.2, 0) is 17.8 Å². The molecule has 172 valence electrons. The van der Waals surface area contributed by atoms with Crippen LogP contribution in [0.4, 0.5) is 4.39 Å². The Morgan fingerprint density at radius 3 is 2.41 bits per heavy atom. The van der Waals surface area contributed by atoms with Crippen LogP contribution in [0.3, 0.4) is 0 Å². The van der Waals surface area contributed by atoms with Gasteiger partial charge in [0.15, 0.2) is 0 Å². The summed E-state index contributed by atoms with van der Waals surface area (Å²) in [5.74, 6) is 0.455. The third-order valence-electron chi connectivity index (χ3n) is 6.12. The van der Waals surface area contributed by atoms with Crippen LogP contribution in [0.1, 0.15) is 37.8 Å². The predicted molar refractivity (Wildman–Crippen MR) is 125 cm³/mol. The van der Waals surface area contributed by atoms with Crippen molar-refractivity contribution in [3.05, 3.63) is 95.0 Å². The van der Waals surface area contributed by atoms with Gasteiger partial charge in [0.05, 0.1) is 13.2 Å². The number of nitrogens with one attached hydrogen (secondary N) is 1. The van der Waals surface area contributed by atoms with E-state index in [9.17, 15) is 14.6 Å². The lowest BCUT2D eigenvalue weighted by Gasteiger charge is -2.37. The zero-order valence-electron chi connectivity index (χ0n) is 19.0. The van der Waals surface area contributed by atoms with Crippen molar-refractivity contribution in [2.75, 3.05) is 19.8 Å². The van der Waals surface area contributed by atoms with Crippen LogP contribution >= 0.6 is 0 Å². The molecular weight excluding hydrogens is 405 g/mol. The molecule has 0 fully saturated rings. The van der Waals surface area contributed by atoms with Gasteiger partial charge in [0, 0.05) is 17.5 Å². The van der Waals surface area contributed by atoms with Gasteiger partial charge in [-0.2, -0.15) is 0 Å². The zero-order chi connectivity index (χ0) is 23.0. The maximum absolute atomic E-state index is 13.1. The van der Waals surface area contributed by atoms with Crippen molar-refractivity contribution in [2.45, 2.75) is 45.3 Å². The van der Waals surface area contributed by atoms with E-state index in [1.165, 1.54) is 12.1 Å². The Bertz CT molecular complexity index is 922. The van der Waals surface area contributed by atoms with Crippen LogP contribution in [0.25, 0.3) is 0 Å². The second-order valence-electron chi connectivity index (χ2n) is 9.29. The van der Waals surface area contributed by atoms with E-state index < -0.39 is 5.41 Å². The summed E-state index contributed by atoms with van der Waals surface area (Å²) in [6, 6.07) is 16.5. The van der Waals surface area contributed by atoms with Gasteiger partial charge in [-0.15, -0.1) is 0 Å². The molecule has 3 rings (SSSR count). The molecule has 1 aliphatic carbocycles.